The van der Waals surface area contributed by atoms with Crippen molar-refractivity contribution >= 4 is 6.09 Å². The predicted molar refractivity (Wildman–Crippen MR) is 59.0 cm³/mol. The van der Waals surface area contributed by atoms with E-state index < -0.39 is 23.9 Å². The molecule has 5 heteroatoms. The van der Waals surface area contributed by atoms with Gasteiger partial charge in [0.25, 0.3) is 0 Å². The van der Waals surface area contributed by atoms with Crippen LogP contribution in [-0.4, -0.2) is 52.1 Å². The van der Waals surface area contributed by atoms with Gasteiger partial charge in [0.15, 0.2) is 0 Å². The number of carbonyl (C=O) groups excluding carboxylic acids is 1. The van der Waals surface area contributed by atoms with Crippen molar-refractivity contribution < 1.29 is 19.7 Å². The summed E-state index contributed by atoms with van der Waals surface area (Å²) in [5, 5.41) is 19.1. The first-order valence-corrected chi connectivity index (χ1v) is 5.55. The smallest absolute Gasteiger partial charge is 0.410 e. The zero-order valence-corrected chi connectivity index (χ0v) is 10.3. The van der Waals surface area contributed by atoms with Crippen LogP contribution in [0.5, 0.6) is 0 Å². The van der Waals surface area contributed by atoms with Crippen LogP contribution in [0.25, 0.3) is 0 Å². The molecular formula is C11H21NO4. The number of nitrogens with zero attached hydrogens (tertiary/aromatic N) is 1. The SMILES string of the molecule is C[C@H]1CN(C(=O)OC(C)(C)C)C[C@@H](O)[C@@H]1O. The second-order valence-electron chi connectivity index (χ2n) is 5.42. The first-order valence-electron chi connectivity index (χ1n) is 5.55. The fourth-order valence-electron chi connectivity index (χ4n) is 1.72. The predicted octanol–water partition coefficient (Wildman–Crippen LogP) is 0.595. The molecule has 0 saturated carbocycles. The van der Waals surface area contributed by atoms with Crippen LogP contribution >= 0.6 is 0 Å². The highest BCUT2D eigenvalue weighted by atomic mass is 16.6. The molecule has 1 amide bonds. The van der Waals surface area contributed by atoms with Crippen molar-refractivity contribution in [2.45, 2.75) is 45.5 Å². The Bertz CT molecular complexity index is 249. The van der Waals surface area contributed by atoms with Gasteiger partial charge in [0.1, 0.15) is 5.60 Å². The zero-order valence-electron chi connectivity index (χ0n) is 10.3. The lowest BCUT2D eigenvalue weighted by molar-refractivity contribution is -0.0721. The molecule has 0 aliphatic carbocycles. The number of amides is 1. The van der Waals surface area contributed by atoms with E-state index in [-0.39, 0.29) is 12.5 Å². The van der Waals surface area contributed by atoms with E-state index in [1.807, 2.05) is 0 Å². The molecule has 3 atom stereocenters. The molecule has 0 unspecified atom stereocenters. The largest absolute Gasteiger partial charge is 0.444 e. The van der Waals surface area contributed by atoms with Crippen LogP contribution in [0.15, 0.2) is 0 Å². The number of ether oxygens (including phenoxy) is 1. The maximum Gasteiger partial charge on any atom is 0.410 e. The molecule has 2 N–H and O–H groups in total. The lowest BCUT2D eigenvalue weighted by Gasteiger charge is -2.38. The number of hydrogen-bond donors (Lipinski definition) is 2. The van der Waals surface area contributed by atoms with Gasteiger partial charge < -0.3 is 19.8 Å². The molecule has 1 aliphatic rings. The second kappa shape index (κ2) is 4.59. The Morgan fingerprint density at radius 1 is 1.31 bits per heavy atom. The Hall–Kier alpha value is -0.810. The van der Waals surface area contributed by atoms with Crippen LogP contribution in [-0.2, 0) is 4.74 Å². The summed E-state index contributed by atoms with van der Waals surface area (Å²) in [6, 6.07) is 0. The standard InChI is InChI=1S/C11H21NO4/c1-7-5-12(6-8(13)9(7)14)10(15)16-11(2,3)4/h7-9,13-14H,5-6H2,1-4H3/t7-,8+,9+/m0/s1. The molecule has 0 radical (unpaired) electrons. The molecule has 0 bridgehead atoms. The van der Waals surface area contributed by atoms with E-state index >= 15 is 0 Å². The summed E-state index contributed by atoms with van der Waals surface area (Å²) in [6.45, 7) is 7.72. The van der Waals surface area contributed by atoms with E-state index in [2.05, 4.69) is 0 Å². The Kier molecular flexibility index (Phi) is 3.80. The van der Waals surface area contributed by atoms with Gasteiger partial charge in [0.2, 0.25) is 0 Å². The Morgan fingerprint density at radius 3 is 2.31 bits per heavy atom. The highest BCUT2D eigenvalue weighted by molar-refractivity contribution is 5.68. The number of aliphatic hydroxyl groups is 2. The van der Waals surface area contributed by atoms with Crippen molar-refractivity contribution in [3.05, 3.63) is 0 Å². The summed E-state index contributed by atoms with van der Waals surface area (Å²) < 4.78 is 5.20. The molecule has 1 heterocycles. The van der Waals surface area contributed by atoms with Gasteiger partial charge in [-0.3, -0.25) is 0 Å². The van der Waals surface area contributed by atoms with Crippen LogP contribution in [0.4, 0.5) is 4.79 Å². The molecule has 5 nitrogen and oxygen atoms in total. The molecule has 94 valence electrons. The first-order chi connectivity index (χ1) is 7.20. The topological polar surface area (TPSA) is 70.0 Å². The van der Waals surface area contributed by atoms with Crippen LogP contribution in [0, 0.1) is 5.92 Å². The third-order valence-electron chi connectivity index (χ3n) is 2.54. The Labute approximate surface area is 96.0 Å². The number of piperidine rings is 1. The van der Waals surface area contributed by atoms with Gasteiger partial charge in [-0.1, -0.05) is 6.92 Å². The number of likely N-dealkylation sites (tertiary alicyclic amines) is 1. The monoisotopic (exact) mass is 231 g/mol. The van der Waals surface area contributed by atoms with Crippen molar-refractivity contribution in [3.8, 4) is 0 Å². The summed E-state index contributed by atoms with van der Waals surface area (Å²) in [7, 11) is 0. The summed E-state index contributed by atoms with van der Waals surface area (Å²) in [5.41, 5.74) is -0.540. The van der Waals surface area contributed by atoms with Gasteiger partial charge in [0, 0.05) is 12.5 Å². The van der Waals surface area contributed by atoms with Gasteiger partial charge >= 0.3 is 6.09 Å². The van der Waals surface area contributed by atoms with E-state index in [0.29, 0.717) is 6.54 Å². The zero-order chi connectivity index (χ0) is 12.5. The lowest BCUT2D eigenvalue weighted by atomic mass is 9.95. The molecule has 1 aliphatic heterocycles. The van der Waals surface area contributed by atoms with Crippen molar-refractivity contribution in [3.63, 3.8) is 0 Å². The van der Waals surface area contributed by atoms with E-state index in [1.165, 1.54) is 4.90 Å². The number of β-amino-alcohol motifs (C(OH)–C–C–N with tert-alkyl or cyclic N) is 1. The van der Waals surface area contributed by atoms with Gasteiger partial charge in [0.05, 0.1) is 18.8 Å². The minimum Gasteiger partial charge on any atom is -0.444 e. The van der Waals surface area contributed by atoms with Crippen LogP contribution in [0.1, 0.15) is 27.7 Å². The van der Waals surface area contributed by atoms with Crippen LogP contribution in [0.3, 0.4) is 0 Å². The minimum absolute atomic E-state index is 0.125. The van der Waals surface area contributed by atoms with Gasteiger partial charge in [-0.05, 0) is 20.8 Å². The van der Waals surface area contributed by atoms with Crippen molar-refractivity contribution in [2.24, 2.45) is 5.92 Å². The summed E-state index contributed by atoms with van der Waals surface area (Å²) >= 11 is 0. The number of rotatable bonds is 0. The Morgan fingerprint density at radius 2 is 1.88 bits per heavy atom. The summed E-state index contributed by atoms with van der Waals surface area (Å²) in [4.78, 5) is 13.2. The molecular weight excluding hydrogens is 210 g/mol. The highest BCUT2D eigenvalue weighted by Crippen LogP contribution is 2.19. The van der Waals surface area contributed by atoms with E-state index in [0.717, 1.165) is 0 Å². The second-order valence-corrected chi connectivity index (χ2v) is 5.42. The number of carbonyl (C=O) groups is 1. The van der Waals surface area contributed by atoms with E-state index in [4.69, 9.17) is 4.74 Å². The normalized spacial score (nSPS) is 31.4. The molecule has 0 aromatic heterocycles. The third-order valence-corrected chi connectivity index (χ3v) is 2.54. The molecule has 0 aromatic carbocycles. The number of aliphatic hydroxyl groups excluding tert-OH is 2. The van der Waals surface area contributed by atoms with Crippen LogP contribution in [0.2, 0.25) is 0 Å². The maximum atomic E-state index is 11.7. The molecule has 1 saturated heterocycles. The van der Waals surface area contributed by atoms with Crippen molar-refractivity contribution in [2.75, 3.05) is 13.1 Å². The average Bonchev–Trinajstić information content (AvgIpc) is 2.10. The molecule has 0 spiro atoms. The fraction of sp³-hybridized carbons (Fsp3) is 0.909. The third kappa shape index (κ3) is 3.35. The van der Waals surface area contributed by atoms with E-state index in [1.54, 1.807) is 27.7 Å². The average molecular weight is 231 g/mol. The lowest BCUT2D eigenvalue weighted by Crippen LogP contribution is -2.54. The maximum absolute atomic E-state index is 11.7. The minimum atomic E-state index is -0.892. The fourth-order valence-corrected chi connectivity index (χ4v) is 1.72. The van der Waals surface area contributed by atoms with E-state index in [9.17, 15) is 15.0 Å². The van der Waals surface area contributed by atoms with Crippen molar-refractivity contribution in [1.29, 1.82) is 0 Å². The molecule has 0 aromatic rings. The molecule has 1 fully saturated rings. The van der Waals surface area contributed by atoms with Crippen molar-refractivity contribution in [1.82, 2.24) is 4.90 Å². The van der Waals surface area contributed by atoms with Gasteiger partial charge in [-0.15, -0.1) is 0 Å². The Balaban J connectivity index is 2.58. The number of hydrogen-bond acceptors (Lipinski definition) is 4. The summed E-state index contributed by atoms with van der Waals surface area (Å²) in [6.07, 6.45) is -2.10. The van der Waals surface area contributed by atoms with Gasteiger partial charge in [-0.25, -0.2) is 4.79 Å². The first kappa shape index (κ1) is 13.3. The quantitative estimate of drug-likeness (QED) is 0.640. The molecule has 1 rings (SSSR count). The molecule has 16 heavy (non-hydrogen) atoms. The summed E-state index contributed by atoms with van der Waals surface area (Å²) in [5.74, 6) is -0.142. The van der Waals surface area contributed by atoms with Gasteiger partial charge in [-0.2, -0.15) is 0 Å². The highest BCUT2D eigenvalue weighted by Gasteiger charge is 2.35. The van der Waals surface area contributed by atoms with Crippen LogP contribution < -0.4 is 0 Å².